The SMILES string of the molecule is Cc1cccc(CN2CCC3(CC2)CC(NC(=O)c2ccncc2)C3)n1. The van der Waals surface area contributed by atoms with Crippen molar-refractivity contribution in [2.75, 3.05) is 13.1 Å². The van der Waals surface area contributed by atoms with Crippen LogP contribution in [0.15, 0.2) is 42.7 Å². The molecular weight excluding hydrogens is 324 g/mol. The van der Waals surface area contributed by atoms with Gasteiger partial charge < -0.3 is 5.32 Å². The molecule has 136 valence electrons. The lowest BCUT2D eigenvalue weighted by Gasteiger charge is -2.52. The largest absolute Gasteiger partial charge is 0.349 e. The highest BCUT2D eigenvalue weighted by atomic mass is 16.1. The lowest BCUT2D eigenvalue weighted by molar-refractivity contribution is 0.00435. The van der Waals surface area contributed by atoms with Crippen molar-refractivity contribution in [2.24, 2.45) is 5.41 Å². The van der Waals surface area contributed by atoms with E-state index in [1.165, 1.54) is 12.8 Å². The molecule has 1 spiro atoms. The number of piperidine rings is 1. The number of carbonyl (C=O) groups is 1. The van der Waals surface area contributed by atoms with Crippen LogP contribution in [0.5, 0.6) is 0 Å². The van der Waals surface area contributed by atoms with Gasteiger partial charge >= 0.3 is 0 Å². The molecule has 0 unspecified atom stereocenters. The molecule has 5 heteroatoms. The van der Waals surface area contributed by atoms with Crippen molar-refractivity contribution in [1.29, 1.82) is 0 Å². The van der Waals surface area contributed by atoms with E-state index in [2.05, 4.69) is 32.3 Å². The summed E-state index contributed by atoms with van der Waals surface area (Å²) in [4.78, 5) is 23.3. The number of hydrogen-bond donors (Lipinski definition) is 1. The van der Waals surface area contributed by atoms with Crippen LogP contribution in [-0.2, 0) is 6.54 Å². The van der Waals surface area contributed by atoms with Crippen LogP contribution in [0.25, 0.3) is 0 Å². The van der Waals surface area contributed by atoms with Crippen molar-refractivity contribution in [3.63, 3.8) is 0 Å². The summed E-state index contributed by atoms with van der Waals surface area (Å²) in [5, 5.41) is 3.17. The third-order valence-electron chi connectivity index (χ3n) is 5.88. The van der Waals surface area contributed by atoms with Gasteiger partial charge in [0.25, 0.3) is 5.91 Å². The van der Waals surface area contributed by atoms with Crippen LogP contribution in [0, 0.1) is 12.3 Å². The van der Waals surface area contributed by atoms with Crippen LogP contribution in [0.1, 0.15) is 47.4 Å². The number of rotatable bonds is 4. The van der Waals surface area contributed by atoms with E-state index in [1.54, 1.807) is 24.5 Å². The van der Waals surface area contributed by atoms with Crippen molar-refractivity contribution >= 4 is 5.91 Å². The topological polar surface area (TPSA) is 58.1 Å². The molecule has 2 aromatic rings. The maximum absolute atomic E-state index is 12.2. The number of amides is 1. The number of pyridine rings is 2. The summed E-state index contributed by atoms with van der Waals surface area (Å²) in [7, 11) is 0. The molecule has 4 rings (SSSR count). The van der Waals surface area contributed by atoms with E-state index < -0.39 is 0 Å². The molecule has 26 heavy (non-hydrogen) atoms. The van der Waals surface area contributed by atoms with Crippen LogP contribution in [-0.4, -0.2) is 39.9 Å². The van der Waals surface area contributed by atoms with Gasteiger partial charge in [-0.05, 0) is 75.4 Å². The molecule has 1 saturated heterocycles. The van der Waals surface area contributed by atoms with E-state index in [9.17, 15) is 4.79 Å². The lowest BCUT2D eigenvalue weighted by Crippen LogP contribution is -2.54. The van der Waals surface area contributed by atoms with E-state index >= 15 is 0 Å². The van der Waals surface area contributed by atoms with Crippen molar-refractivity contribution in [3.8, 4) is 0 Å². The first-order valence-corrected chi connectivity index (χ1v) is 9.48. The lowest BCUT2D eigenvalue weighted by atomic mass is 9.60. The normalized spacial score (nSPS) is 19.9. The van der Waals surface area contributed by atoms with E-state index in [1.807, 2.05) is 13.0 Å². The van der Waals surface area contributed by atoms with Crippen LogP contribution in [0.2, 0.25) is 0 Å². The highest BCUT2D eigenvalue weighted by molar-refractivity contribution is 5.94. The predicted octanol–water partition coefficient (Wildman–Crippen LogP) is 2.96. The maximum atomic E-state index is 12.2. The minimum Gasteiger partial charge on any atom is -0.349 e. The average Bonchev–Trinajstić information content (AvgIpc) is 2.63. The van der Waals surface area contributed by atoms with Gasteiger partial charge in [-0.25, -0.2) is 0 Å². The van der Waals surface area contributed by atoms with Gasteiger partial charge in [-0.1, -0.05) is 6.07 Å². The molecule has 1 amide bonds. The Morgan fingerprint density at radius 3 is 2.62 bits per heavy atom. The second kappa shape index (κ2) is 7.16. The minimum absolute atomic E-state index is 0.0233. The fourth-order valence-electron chi connectivity index (χ4n) is 4.37. The molecule has 0 aromatic carbocycles. The van der Waals surface area contributed by atoms with Gasteiger partial charge in [-0.2, -0.15) is 0 Å². The molecule has 2 fully saturated rings. The number of nitrogens with one attached hydrogen (secondary N) is 1. The summed E-state index contributed by atoms with van der Waals surface area (Å²) in [6.07, 6.45) is 7.99. The van der Waals surface area contributed by atoms with Gasteiger partial charge in [0.05, 0.1) is 5.69 Å². The highest BCUT2D eigenvalue weighted by Gasteiger charge is 2.46. The monoisotopic (exact) mass is 350 g/mol. The Morgan fingerprint density at radius 2 is 1.92 bits per heavy atom. The van der Waals surface area contributed by atoms with E-state index in [-0.39, 0.29) is 5.91 Å². The Labute approximate surface area is 154 Å². The zero-order valence-electron chi connectivity index (χ0n) is 15.3. The zero-order chi connectivity index (χ0) is 18.0. The smallest absolute Gasteiger partial charge is 0.251 e. The van der Waals surface area contributed by atoms with Crippen molar-refractivity contribution in [1.82, 2.24) is 20.2 Å². The first-order valence-electron chi connectivity index (χ1n) is 9.48. The van der Waals surface area contributed by atoms with E-state index in [0.29, 0.717) is 17.0 Å². The Kier molecular flexibility index (Phi) is 4.72. The maximum Gasteiger partial charge on any atom is 0.251 e. The third-order valence-corrected chi connectivity index (χ3v) is 5.88. The van der Waals surface area contributed by atoms with Crippen molar-refractivity contribution in [2.45, 2.75) is 45.2 Å². The van der Waals surface area contributed by atoms with Gasteiger partial charge in [-0.15, -0.1) is 0 Å². The Balaban J connectivity index is 1.24. The predicted molar refractivity (Wildman–Crippen MR) is 101 cm³/mol. The number of carbonyl (C=O) groups excluding carboxylic acids is 1. The van der Waals surface area contributed by atoms with Gasteiger partial charge in [0.2, 0.25) is 0 Å². The van der Waals surface area contributed by atoms with Gasteiger partial charge in [-0.3, -0.25) is 19.7 Å². The van der Waals surface area contributed by atoms with Crippen molar-refractivity contribution < 1.29 is 4.79 Å². The fraction of sp³-hybridized carbons (Fsp3) is 0.476. The molecule has 2 aliphatic rings. The Hall–Kier alpha value is -2.27. The molecule has 0 atom stereocenters. The van der Waals surface area contributed by atoms with Crippen LogP contribution < -0.4 is 5.32 Å². The fourth-order valence-corrected chi connectivity index (χ4v) is 4.37. The van der Waals surface area contributed by atoms with Crippen molar-refractivity contribution in [3.05, 3.63) is 59.7 Å². The third kappa shape index (κ3) is 3.78. The second-order valence-electron chi connectivity index (χ2n) is 7.86. The first-order chi connectivity index (χ1) is 12.6. The molecule has 0 bridgehead atoms. The Bertz CT molecular complexity index is 761. The molecule has 1 aliphatic carbocycles. The summed E-state index contributed by atoms with van der Waals surface area (Å²) in [5.41, 5.74) is 3.38. The first kappa shape index (κ1) is 17.2. The molecular formula is C21H26N4O. The summed E-state index contributed by atoms with van der Waals surface area (Å²) < 4.78 is 0. The van der Waals surface area contributed by atoms with E-state index in [4.69, 9.17) is 0 Å². The van der Waals surface area contributed by atoms with Crippen LogP contribution >= 0.6 is 0 Å². The molecule has 1 N–H and O–H groups in total. The summed E-state index contributed by atoms with van der Waals surface area (Å²) >= 11 is 0. The van der Waals surface area contributed by atoms with Gasteiger partial charge in [0.1, 0.15) is 0 Å². The van der Waals surface area contributed by atoms with Crippen LogP contribution in [0.4, 0.5) is 0 Å². The van der Waals surface area contributed by atoms with Crippen LogP contribution in [0.3, 0.4) is 0 Å². The second-order valence-corrected chi connectivity index (χ2v) is 7.86. The quantitative estimate of drug-likeness (QED) is 0.921. The molecule has 5 nitrogen and oxygen atoms in total. The van der Waals surface area contributed by atoms with E-state index in [0.717, 1.165) is 43.9 Å². The number of nitrogens with zero attached hydrogens (tertiary/aromatic N) is 3. The molecule has 1 saturated carbocycles. The summed E-state index contributed by atoms with van der Waals surface area (Å²) in [5.74, 6) is 0.0233. The van der Waals surface area contributed by atoms with Gasteiger partial charge in [0, 0.05) is 36.2 Å². The summed E-state index contributed by atoms with van der Waals surface area (Å²) in [6.45, 7) is 5.24. The number of likely N-dealkylation sites (tertiary alicyclic amines) is 1. The highest BCUT2D eigenvalue weighted by Crippen LogP contribution is 2.49. The zero-order valence-corrected chi connectivity index (χ0v) is 15.3. The number of hydrogen-bond acceptors (Lipinski definition) is 4. The average molecular weight is 350 g/mol. The molecule has 0 radical (unpaired) electrons. The summed E-state index contributed by atoms with van der Waals surface area (Å²) in [6, 6.07) is 10.1. The van der Waals surface area contributed by atoms with Gasteiger partial charge in [0.15, 0.2) is 0 Å². The molecule has 2 aromatic heterocycles. The number of aromatic nitrogens is 2. The minimum atomic E-state index is 0.0233. The molecule has 1 aliphatic heterocycles. The standard InChI is InChI=1S/C21H26N4O/c1-16-3-2-4-18(23-16)15-25-11-7-21(8-12-25)13-19(14-21)24-20(26)17-5-9-22-10-6-17/h2-6,9-10,19H,7-8,11-15H2,1H3,(H,24,26). The Morgan fingerprint density at radius 1 is 1.19 bits per heavy atom. The number of aryl methyl sites for hydroxylation is 1. The molecule has 3 heterocycles.